The number of sulfonamides is 1. The number of hydrogen-bond acceptors (Lipinski definition) is 5. The Kier molecular flexibility index (Phi) is 5.65. The first-order chi connectivity index (χ1) is 14.3. The molecule has 0 saturated carbocycles. The van der Waals surface area contributed by atoms with Gasteiger partial charge < -0.3 is 4.90 Å². The number of thiazole rings is 1. The lowest BCUT2D eigenvalue weighted by Crippen LogP contribution is -2.48. The summed E-state index contributed by atoms with van der Waals surface area (Å²) in [5, 5.41) is 2.95. The molecule has 30 heavy (non-hydrogen) atoms. The summed E-state index contributed by atoms with van der Waals surface area (Å²) in [4.78, 5) is 6.99. The molecule has 1 fully saturated rings. The van der Waals surface area contributed by atoms with Crippen molar-refractivity contribution in [2.75, 3.05) is 31.1 Å². The number of anilines is 1. The maximum atomic E-state index is 13.6. The fourth-order valence-electron chi connectivity index (χ4n) is 3.85. The Morgan fingerprint density at radius 3 is 2.30 bits per heavy atom. The molecule has 2 heterocycles. The molecule has 0 atom stereocenters. The second-order valence-electron chi connectivity index (χ2n) is 7.58. The molecule has 0 bridgehead atoms. The van der Waals surface area contributed by atoms with Gasteiger partial charge in [-0.3, -0.25) is 0 Å². The van der Waals surface area contributed by atoms with Gasteiger partial charge in [-0.1, -0.05) is 24.3 Å². The molecule has 0 spiro atoms. The summed E-state index contributed by atoms with van der Waals surface area (Å²) in [6.45, 7) is 7.64. The van der Waals surface area contributed by atoms with Gasteiger partial charge in [0.15, 0.2) is 5.13 Å². The van der Waals surface area contributed by atoms with Crippen LogP contribution in [-0.2, 0) is 10.0 Å². The Labute approximate surface area is 180 Å². The van der Waals surface area contributed by atoms with E-state index in [2.05, 4.69) is 36.3 Å². The fraction of sp³-hybridized carbons (Fsp3) is 0.318. The van der Waals surface area contributed by atoms with E-state index in [-0.39, 0.29) is 4.90 Å². The summed E-state index contributed by atoms with van der Waals surface area (Å²) in [6, 6.07) is 10.1. The SMILES string of the molecule is Cc1ccc(F)cc1S(=O)(=O)N1CCN(c2nc(-c3c(C)cccc3C)cs2)CC1. The predicted molar refractivity (Wildman–Crippen MR) is 119 cm³/mol. The first-order valence-corrected chi connectivity index (χ1v) is 12.1. The first kappa shape index (κ1) is 21.0. The highest BCUT2D eigenvalue weighted by atomic mass is 32.2. The fourth-order valence-corrected chi connectivity index (χ4v) is 6.38. The van der Waals surface area contributed by atoms with Crippen LogP contribution in [0.5, 0.6) is 0 Å². The van der Waals surface area contributed by atoms with Crippen molar-refractivity contribution in [3.63, 3.8) is 0 Å². The van der Waals surface area contributed by atoms with Gasteiger partial charge in [-0.2, -0.15) is 4.31 Å². The minimum atomic E-state index is -3.72. The van der Waals surface area contributed by atoms with Crippen molar-refractivity contribution >= 4 is 26.5 Å². The largest absolute Gasteiger partial charge is 0.345 e. The standard InChI is InChI=1S/C22H24FN3O2S2/c1-15-7-8-18(23)13-20(15)30(27,28)26-11-9-25(10-12-26)22-24-19(14-29-22)21-16(2)5-4-6-17(21)3/h4-8,13-14H,9-12H2,1-3H3. The molecule has 1 aromatic heterocycles. The summed E-state index contributed by atoms with van der Waals surface area (Å²) in [6.07, 6.45) is 0. The number of halogens is 1. The molecule has 0 unspecified atom stereocenters. The summed E-state index contributed by atoms with van der Waals surface area (Å²) >= 11 is 1.58. The van der Waals surface area contributed by atoms with E-state index < -0.39 is 15.8 Å². The number of nitrogens with zero attached hydrogens (tertiary/aromatic N) is 3. The minimum Gasteiger partial charge on any atom is -0.345 e. The van der Waals surface area contributed by atoms with E-state index in [9.17, 15) is 12.8 Å². The van der Waals surface area contributed by atoms with E-state index in [1.807, 2.05) is 6.07 Å². The normalized spacial score (nSPS) is 15.5. The number of piperazine rings is 1. The summed E-state index contributed by atoms with van der Waals surface area (Å²) in [7, 11) is -3.72. The molecule has 2 aromatic carbocycles. The highest BCUT2D eigenvalue weighted by molar-refractivity contribution is 7.89. The summed E-state index contributed by atoms with van der Waals surface area (Å²) in [5.41, 5.74) is 5.04. The Morgan fingerprint density at radius 2 is 1.63 bits per heavy atom. The van der Waals surface area contributed by atoms with E-state index in [1.165, 1.54) is 27.6 Å². The van der Waals surface area contributed by atoms with E-state index in [0.717, 1.165) is 22.5 Å². The molecular weight excluding hydrogens is 421 g/mol. The molecule has 5 nitrogen and oxygen atoms in total. The van der Waals surface area contributed by atoms with Crippen LogP contribution < -0.4 is 4.90 Å². The molecule has 0 amide bonds. The van der Waals surface area contributed by atoms with Crippen LogP contribution in [0.1, 0.15) is 16.7 Å². The molecule has 1 aliphatic rings. The molecule has 0 radical (unpaired) electrons. The van der Waals surface area contributed by atoms with Crippen LogP contribution in [0.4, 0.5) is 9.52 Å². The van der Waals surface area contributed by atoms with E-state index >= 15 is 0 Å². The zero-order valence-corrected chi connectivity index (χ0v) is 18.9. The molecule has 0 aliphatic carbocycles. The highest BCUT2D eigenvalue weighted by Crippen LogP contribution is 2.32. The van der Waals surface area contributed by atoms with Crippen molar-refractivity contribution in [1.82, 2.24) is 9.29 Å². The summed E-state index contributed by atoms with van der Waals surface area (Å²) in [5.74, 6) is -0.542. The number of benzene rings is 2. The molecule has 8 heteroatoms. The Balaban J connectivity index is 1.50. The smallest absolute Gasteiger partial charge is 0.243 e. The lowest BCUT2D eigenvalue weighted by molar-refractivity contribution is 0.384. The number of aryl methyl sites for hydroxylation is 3. The zero-order chi connectivity index (χ0) is 21.5. The van der Waals surface area contributed by atoms with Crippen LogP contribution in [0.15, 0.2) is 46.7 Å². The Morgan fingerprint density at radius 1 is 0.967 bits per heavy atom. The van der Waals surface area contributed by atoms with Crippen LogP contribution >= 0.6 is 11.3 Å². The van der Waals surface area contributed by atoms with Crippen LogP contribution in [0.25, 0.3) is 11.3 Å². The van der Waals surface area contributed by atoms with Crippen molar-refractivity contribution in [2.45, 2.75) is 25.7 Å². The highest BCUT2D eigenvalue weighted by Gasteiger charge is 2.30. The van der Waals surface area contributed by atoms with Crippen molar-refractivity contribution in [3.05, 3.63) is 64.3 Å². The third-order valence-corrected chi connectivity index (χ3v) is 8.45. The van der Waals surface area contributed by atoms with Crippen LogP contribution in [0, 0.1) is 26.6 Å². The lowest BCUT2D eigenvalue weighted by atomic mass is 10.0. The maximum absolute atomic E-state index is 13.6. The molecule has 3 aromatic rings. The minimum absolute atomic E-state index is 0.0440. The lowest BCUT2D eigenvalue weighted by Gasteiger charge is -2.34. The van der Waals surface area contributed by atoms with Gasteiger partial charge in [0, 0.05) is 37.1 Å². The van der Waals surface area contributed by atoms with Crippen LogP contribution in [0.3, 0.4) is 0 Å². The van der Waals surface area contributed by atoms with Gasteiger partial charge in [0.05, 0.1) is 10.6 Å². The van der Waals surface area contributed by atoms with E-state index in [0.29, 0.717) is 31.7 Å². The van der Waals surface area contributed by atoms with Gasteiger partial charge in [-0.05, 0) is 49.6 Å². The monoisotopic (exact) mass is 445 g/mol. The van der Waals surface area contributed by atoms with Gasteiger partial charge in [0.1, 0.15) is 5.82 Å². The molecule has 1 saturated heterocycles. The first-order valence-electron chi connectivity index (χ1n) is 9.81. The van der Waals surface area contributed by atoms with E-state index in [1.54, 1.807) is 18.3 Å². The van der Waals surface area contributed by atoms with Crippen molar-refractivity contribution in [3.8, 4) is 11.3 Å². The van der Waals surface area contributed by atoms with Gasteiger partial charge in [-0.25, -0.2) is 17.8 Å². The Hall–Kier alpha value is -2.29. The third-order valence-electron chi connectivity index (χ3n) is 5.51. The molecule has 4 rings (SSSR count). The zero-order valence-electron chi connectivity index (χ0n) is 17.2. The quantitative estimate of drug-likeness (QED) is 0.598. The van der Waals surface area contributed by atoms with Gasteiger partial charge >= 0.3 is 0 Å². The summed E-state index contributed by atoms with van der Waals surface area (Å²) < 4.78 is 41.1. The average Bonchev–Trinajstić information content (AvgIpc) is 3.19. The second kappa shape index (κ2) is 8.09. The molecule has 1 aliphatic heterocycles. The van der Waals surface area contributed by atoms with Crippen molar-refractivity contribution in [1.29, 1.82) is 0 Å². The third kappa shape index (κ3) is 3.87. The van der Waals surface area contributed by atoms with Gasteiger partial charge in [0.2, 0.25) is 10.0 Å². The van der Waals surface area contributed by atoms with Crippen molar-refractivity contribution < 1.29 is 12.8 Å². The van der Waals surface area contributed by atoms with Gasteiger partial charge in [-0.15, -0.1) is 11.3 Å². The molecular formula is C22H24FN3O2S2. The van der Waals surface area contributed by atoms with Crippen LogP contribution in [0.2, 0.25) is 0 Å². The number of aromatic nitrogens is 1. The molecule has 0 N–H and O–H groups in total. The van der Waals surface area contributed by atoms with Gasteiger partial charge in [0.25, 0.3) is 0 Å². The predicted octanol–water partition coefficient (Wildman–Crippen LogP) is 4.39. The van der Waals surface area contributed by atoms with E-state index in [4.69, 9.17) is 4.98 Å². The maximum Gasteiger partial charge on any atom is 0.243 e. The topological polar surface area (TPSA) is 53.5 Å². The molecule has 158 valence electrons. The Bertz CT molecular complexity index is 1160. The van der Waals surface area contributed by atoms with Crippen molar-refractivity contribution in [2.24, 2.45) is 0 Å². The average molecular weight is 446 g/mol. The number of hydrogen-bond donors (Lipinski definition) is 0. The second-order valence-corrected chi connectivity index (χ2v) is 10.3. The number of rotatable bonds is 4. The van der Waals surface area contributed by atoms with Crippen LogP contribution in [-0.4, -0.2) is 43.9 Å².